The molecule has 0 bridgehead atoms. The highest BCUT2D eigenvalue weighted by atomic mass is 32.1. The van der Waals surface area contributed by atoms with Gasteiger partial charge in [-0.3, -0.25) is 0 Å². The number of rotatable bonds is 39. The normalized spacial score (nSPS) is 13.4. The van der Waals surface area contributed by atoms with Crippen LogP contribution in [0.1, 0.15) is 231 Å². The standard InChI is InChI=1S/C86H106F2N6O2S4/c1-11-19-25-27-33-59(31-23-15-5)53-93-89-81-55(9)35-38-66(83(81)91-93)73-47-45-71(99-73)64-40-41-65(80(88)79(64)87)72-46-48-74(100-72)67-42-39-63(82-84(67)92-94(90-82)54-60(32-24-16-6)34-28-26-20-12-2)70-52-69-78(76-44-37-62(98-76)51-58(18-8)30-22-14-4)85-68(49-56(10)95-85)77(86(69)96-70)75-43-36-61(97-75)50-57(17-7)29-21-13-3/h35-49,52,57-60H,11-34,50-51,53-54H2,1-10H3. The molecule has 0 spiro atoms. The van der Waals surface area contributed by atoms with Crippen LogP contribution in [0.25, 0.3) is 118 Å². The van der Waals surface area contributed by atoms with E-state index in [1.165, 1.54) is 158 Å². The van der Waals surface area contributed by atoms with E-state index in [2.05, 4.69) is 130 Å². The van der Waals surface area contributed by atoms with Crippen molar-refractivity contribution in [2.24, 2.45) is 23.7 Å². The van der Waals surface area contributed by atoms with Crippen molar-refractivity contribution in [1.29, 1.82) is 0 Å². The Labute approximate surface area is 609 Å². The van der Waals surface area contributed by atoms with Gasteiger partial charge in [-0.25, -0.2) is 8.78 Å². The van der Waals surface area contributed by atoms with Crippen molar-refractivity contribution in [1.82, 2.24) is 30.0 Å². The van der Waals surface area contributed by atoms with Crippen LogP contribution >= 0.6 is 45.3 Å². The Hall–Kier alpha value is -6.58. The zero-order chi connectivity index (χ0) is 69.8. The Morgan fingerprint density at radius 2 is 0.750 bits per heavy atom. The first-order chi connectivity index (χ1) is 48.8. The molecule has 8 heterocycles. The molecule has 100 heavy (non-hydrogen) atoms. The van der Waals surface area contributed by atoms with Gasteiger partial charge in [-0.05, 0) is 160 Å². The topological polar surface area (TPSA) is 87.7 Å². The van der Waals surface area contributed by atoms with Crippen LogP contribution in [-0.2, 0) is 25.9 Å². The molecule has 0 amide bonds. The van der Waals surface area contributed by atoms with Gasteiger partial charge in [0.2, 0.25) is 0 Å². The van der Waals surface area contributed by atoms with E-state index in [4.69, 9.17) is 29.2 Å². The maximum atomic E-state index is 17.0. The predicted molar refractivity (Wildman–Crippen MR) is 425 cm³/mol. The van der Waals surface area contributed by atoms with Gasteiger partial charge in [0.1, 0.15) is 44.8 Å². The fraction of sp³-hybridized carbons (Fsp3) is 0.488. The van der Waals surface area contributed by atoms with Crippen molar-refractivity contribution < 1.29 is 17.6 Å². The average molecular weight is 1420 g/mol. The molecule has 0 aliphatic rings. The summed E-state index contributed by atoms with van der Waals surface area (Å²) in [6.45, 7) is 24.0. The predicted octanol–water partition coefficient (Wildman–Crippen LogP) is 28.5. The first-order valence-electron chi connectivity index (χ1n) is 38.4. The highest BCUT2D eigenvalue weighted by Crippen LogP contribution is 2.52. The summed E-state index contributed by atoms with van der Waals surface area (Å²) < 4.78 is 48.3. The van der Waals surface area contributed by atoms with Gasteiger partial charge in [0.25, 0.3) is 0 Å². The second-order valence-corrected chi connectivity index (χ2v) is 33.3. The van der Waals surface area contributed by atoms with Gasteiger partial charge in [0, 0.05) is 88.7 Å². The smallest absolute Gasteiger partial charge is 0.168 e. The van der Waals surface area contributed by atoms with E-state index in [0.29, 0.717) is 45.7 Å². The molecule has 0 fully saturated rings. The molecular formula is C86H106F2N6O2S4. The minimum absolute atomic E-state index is 0.223. The molecule has 0 saturated heterocycles. The number of fused-ring (bicyclic) bond motifs is 4. The maximum absolute atomic E-state index is 17.0. The molecule has 12 rings (SSSR count). The van der Waals surface area contributed by atoms with Crippen molar-refractivity contribution >= 4 is 89.4 Å². The summed E-state index contributed by atoms with van der Waals surface area (Å²) in [4.78, 5) is 12.1. The molecular weight excluding hydrogens is 1320 g/mol. The van der Waals surface area contributed by atoms with E-state index in [0.717, 1.165) is 151 Å². The van der Waals surface area contributed by atoms with Crippen LogP contribution in [0.5, 0.6) is 0 Å². The monoisotopic (exact) mass is 1420 g/mol. The number of benzene rings is 4. The molecule has 14 heteroatoms. The van der Waals surface area contributed by atoms with Crippen LogP contribution in [-0.4, -0.2) is 30.0 Å². The third-order valence-corrected chi connectivity index (χ3v) is 25.7. The summed E-state index contributed by atoms with van der Waals surface area (Å²) in [5.41, 5.74) is 11.3. The van der Waals surface area contributed by atoms with Crippen LogP contribution in [0.3, 0.4) is 0 Å². The van der Waals surface area contributed by atoms with Crippen molar-refractivity contribution in [2.45, 2.75) is 249 Å². The summed E-state index contributed by atoms with van der Waals surface area (Å²) in [5.74, 6) is 2.09. The number of aromatic nitrogens is 6. The molecule has 12 aromatic rings. The van der Waals surface area contributed by atoms with Crippen LogP contribution in [0.2, 0.25) is 0 Å². The third-order valence-electron chi connectivity index (χ3n) is 21.2. The first kappa shape index (κ1) is 73.2. The first-order valence-corrected chi connectivity index (χ1v) is 41.7. The fourth-order valence-electron chi connectivity index (χ4n) is 15.2. The molecule has 8 aromatic heterocycles. The molecule has 0 saturated carbocycles. The minimum Gasteiger partial charge on any atom is -0.461 e. The number of hydrogen-bond donors (Lipinski definition) is 0. The SMILES string of the molecule is CCCCCCC(CCCC)Cn1nc2c(C)ccc(-c3ccc(-c4ccc(-c5ccc(-c6ccc(-c7cc8c(-c9ccc(CC(CC)CCCC)s9)c9oc(C)cc9c(-c9ccc(CC(CC)CCCC)s9)c8o7)c7nn(CC(CCCC)CCCCCC)nc67)s5)c(F)c4F)s3)c2n1. The van der Waals surface area contributed by atoms with Gasteiger partial charge in [0.15, 0.2) is 11.6 Å². The second-order valence-electron chi connectivity index (χ2n) is 28.8. The quantitative estimate of drug-likeness (QED) is 0.0357. The summed E-state index contributed by atoms with van der Waals surface area (Å²) in [6, 6.07) is 33.6. The van der Waals surface area contributed by atoms with E-state index in [1.54, 1.807) is 12.1 Å². The average Bonchev–Trinajstić information content (AvgIpc) is 1.56. The summed E-state index contributed by atoms with van der Waals surface area (Å²) in [5, 5.41) is 23.2. The van der Waals surface area contributed by atoms with Crippen molar-refractivity contribution in [3.63, 3.8) is 0 Å². The summed E-state index contributed by atoms with van der Waals surface area (Å²) >= 11 is 6.68. The summed E-state index contributed by atoms with van der Waals surface area (Å²) in [7, 11) is 0. The van der Waals surface area contributed by atoms with Gasteiger partial charge in [0.05, 0.1) is 13.1 Å². The van der Waals surface area contributed by atoms with E-state index in [1.807, 2.05) is 56.5 Å². The van der Waals surface area contributed by atoms with Crippen molar-refractivity contribution in [3.8, 4) is 74.0 Å². The third kappa shape index (κ3) is 16.6. The zero-order valence-electron chi connectivity index (χ0n) is 61.2. The Bertz CT molecular complexity index is 4530. The molecule has 4 atom stereocenters. The molecule has 530 valence electrons. The van der Waals surface area contributed by atoms with Crippen LogP contribution < -0.4 is 0 Å². The van der Waals surface area contributed by atoms with Gasteiger partial charge in [-0.15, -0.1) is 45.3 Å². The van der Waals surface area contributed by atoms with E-state index >= 15 is 8.78 Å². The summed E-state index contributed by atoms with van der Waals surface area (Å²) in [6.07, 6.45) is 31.0. The molecule has 8 nitrogen and oxygen atoms in total. The van der Waals surface area contributed by atoms with Gasteiger partial charge in [-0.1, -0.05) is 202 Å². The molecule has 4 unspecified atom stereocenters. The maximum Gasteiger partial charge on any atom is 0.168 e. The van der Waals surface area contributed by atoms with Gasteiger partial charge in [-0.2, -0.15) is 30.0 Å². The number of furan rings is 2. The lowest BCUT2D eigenvalue weighted by molar-refractivity contribution is 0.330. The molecule has 0 aliphatic heterocycles. The Morgan fingerprint density at radius 1 is 0.370 bits per heavy atom. The number of unbranched alkanes of at least 4 members (excludes halogenated alkanes) is 10. The van der Waals surface area contributed by atoms with E-state index < -0.39 is 11.6 Å². The fourth-order valence-corrected chi connectivity index (χ4v) is 19.6. The number of hydrogen-bond acceptors (Lipinski definition) is 10. The number of aryl methyl sites for hydroxylation is 2. The van der Waals surface area contributed by atoms with Gasteiger partial charge < -0.3 is 8.83 Å². The minimum atomic E-state index is -0.866. The molecule has 0 N–H and O–H groups in total. The number of thiophene rings is 4. The van der Waals surface area contributed by atoms with Crippen LogP contribution in [0.15, 0.2) is 106 Å². The molecule has 4 aromatic carbocycles. The lowest BCUT2D eigenvalue weighted by Gasteiger charge is -2.15. The van der Waals surface area contributed by atoms with E-state index in [9.17, 15) is 0 Å². The molecule has 0 aliphatic carbocycles. The number of halogens is 2. The highest BCUT2D eigenvalue weighted by molar-refractivity contribution is 7.19. The Kier molecular flexibility index (Phi) is 25.3. The van der Waals surface area contributed by atoms with Gasteiger partial charge >= 0.3 is 0 Å². The van der Waals surface area contributed by atoms with E-state index in [-0.39, 0.29) is 11.1 Å². The lowest BCUT2D eigenvalue weighted by atomic mass is 9.95. The van der Waals surface area contributed by atoms with Crippen molar-refractivity contribution in [2.75, 3.05) is 0 Å². The molecule has 0 radical (unpaired) electrons. The van der Waals surface area contributed by atoms with Crippen LogP contribution in [0, 0.1) is 49.2 Å². The lowest BCUT2D eigenvalue weighted by Crippen LogP contribution is -2.13. The number of nitrogens with zero attached hydrogens (tertiary/aromatic N) is 6. The largest absolute Gasteiger partial charge is 0.461 e. The highest BCUT2D eigenvalue weighted by Gasteiger charge is 2.29. The Morgan fingerprint density at radius 3 is 1.23 bits per heavy atom. The zero-order valence-corrected chi connectivity index (χ0v) is 64.5. The second kappa shape index (κ2) is 34.6. The van der Waals surface area contributed by atoms with Crippen LogP contribution in [0.4, 0.5) is 8.78 Å². The Balaban J connectivity index is 0.918. The van der Waals surface area contributed by atoms with Crippen molar-refractivity contribution in [3.05, 3.63) is 130 Å².